The van der Waals surface area contributed by atoms with Crippen molar-refractivity contribution in [2.75, 3.05) is 7.11 Å². The molecule has 0 fully saturated rings. The molecule has 0 saturated heterocycles. The summed E-state index contributed by atoms with van der Waals surface area (Å²) in [5.74, 6) is -0.270. The van der Waals surface area contributed by atoms with Gasteiger partial charge in [0.1, 0.15) is 17.4 Å². The van der Waals surface area contributed by atoms with E-state index in [0.29, 0.717) is 17.9 Å². The summed E-state index contributed by atoms with van der Waals surface area (Å²) < 4.78 is 6.63. The molecule has 0 unspecified atom stereocenters. The van der Waals surface area contributed by atoms with Gasteiger partial charge < -0.3 is 14.4 Å². The molecule has 0 spiro atoms. The first kappa shape index (κ1) is 16.3. The third-order valence-corrected chi connectivity index (χ3v) is 3.43. The summed E-state index contributed by atoms with van der Waals surface area (Å²) >= 11 is 0. The lowest BCUT2D eigenvalue weighted by Gasteiger charge is -2.13. The highest BCUT2D eigenvalue weighted by Crippen LogP contribution is 2.23. The zero-order chi connectivity index (χ0) is 16.8. The maximum Gasteiger partial charge on any atom is 0.303 e. The molecule has 0 atom stereocenters. The molecule has 6 nitrogen and oxygen atoms in total. The van der Waals surface area contributed by atoms with Crippen LogP contribution in [0.1, 0.15) is 18.4 Å². The molecule has 118 valence electrons. The van der Waals surface area contributed by atoms with Gasteiger partial charge in [0.15, 0.2) is 0 Å². The van der Waals surface area contributed by atoms with E-state index in [4.69, 9.17) is 15.1 Å². The number of aliphatic carboxylic acids is 1. The lowest BCUT2D eigenvalue weighted by molar-refractivity contribution is -0.137. The van der Waals surface area contributed by atoms with Gasteiger partial charge in [0, 0.05) is 18.5 Å². The lowest BCUT2D eigenvalue weighted by atomic mass is 10.1. The van der Waals surface area contributed by atoms with Crippen LogP contribution in [-0.4, -0.2) is 22.8 Å². The normalized spacial score (nSPS) is 10.1. The van der Waals surface area contributed by atoms with Crippen LogP contribution in [-0.2, 0) is 11.3 Å². The Balaban J connectivity index is 2.49. The SMILES string of the molecule is COc1cccc(-c2ccc(C#N)c(=O)n2CCCC(=O)O)c1. The molecule has 0 saturated carbocycles. The summed E-state index contributed by atoms with van der Waals surface area (Å²) in [6, 6.07) is 12.2. The molecule has 0 amide bonds. The molecule has 1 aromatic carbocycles. The molecule has 0 bridgehead atoms. The molecule has 0 aliphatic carbocycles. The van der Waals surface area contributed by atoms with Gasteiger partial charge in [0.25, 0.3) is 5.56 Å². The number of benzene rings is 1. The second kappa shape index (κ2) is 7.27. The van der Waals surface area contributed by atoms with Crippen molar-refractivity contribution in [1.29, 1.82) is 5.26 Å². The predicted molar refractivity (Wildman–Crippen MR) is 84.3 cm³/mol. The predicted octanol–water partition coefficient (Wildman–Crippen LogP) is 2.26. The van der Waals surface area contributed by atoms with Crippen LogP contribution in [0.4, 0.5) is 0 Å². The van der Waals surface area contributed by atoms with Gasteiger partial charge in [-0.3, -0.25) is 9.59 Å². The summed E-state index contributed by atoms with van der Waals surface area (Å²) in [7, 11) is 1.55. The molecule has 6 heteroatoms. The summed E-state index contributed by atoms with van der Waals surface area (Å²) in [6.07, 6.45) is 0.266. The van der Waals surface area contributed by atoms with Gasteiger partial charge in [-0.2, -0.15) is 5.26 Å². The minimum atomic E-state index is -0.919. The fourth-order valence-electron chi connectivity index (χ4n) is 2.31. The van der Waals surface area contributed by atoms with Crippen LogP contribution in [0, 0.1) is 11.3 Å². The van der Waals surface area contributed by atoms with Gasteiger partial charge in [0.2, 0.25) is 0 Å². The van der Waals surface area contributed by atoms with Crippen molar-refractivity contribution >= 4 is 5.97 Å². The topological polar surface area (TPSA) is 92.3 Å². The van der Waals surface area contributed by atoms with Crippen LogP contribution in [0.5, 0.6) is 5.75 Å². The molecular formula is C17H16N2O4. The molecular weight excluding hydrogens is 296 g/mol. The molecule has 2 aromatic rings. The number of hydrogen-bond donors (Lipinski definition) is 1. The van der Waals surface area contributed by atoms with Crippen molar-refractivity contribution in [3.05, 3.63) is 52.3 Å². The fraction of sp³-hybridized carbons (Fsp3) is 0.235. The average molecular weight is 312 g/mol. The van der Waals surface area contributed by atoms with E-state index in [9.17, 15) is 9.59 Å². The first-order valence-corrected chi connectivity index (χ1v) is 7.07. The van der Waals surface area contributed by atoms with Crippen molar-refractivity contribution < 1.29 is 14.6 Å². The van der Waals surface area contributed by atoms with Gasteiger partial charge in [-0.05, 0) is 30.7 Å². The van der Waals surface area contributed by atoms with Crippen molar-refractivity contribution in [3.8, 4) is 23.1 Å². The van der Waals surface area contributed by atoms with Gasteiger partial charge in [0.05, 0.1) is 12.8 Å². The Morgan fingerprint density at radius 2 is 2.13 bits per heavy atom. The number of carbonyl (C=O) groups is 1. The van der Waals surface area contributed by atoms with Crippen molar-refractivity contribution in [1.82, 2.24) is 4.57 Å². The van der Waals surface area contributed by atoms with Gasteiger partial charge in [-0.25, -0.2) is 0 Å². The Labute approximate surface area is 133 Å². The monoisotopic (exact) mass is 312 g/mol. The van der Waals surface area contributed by atoms with Gasteiger partial charge in [-0.1, -0.05) is 12.1 Å². The highest BCUT2D eigenvalue weighted by Gasteiger charge is 2.11. The largest absolute Gasteiger partial charge is 0.497 e. The molecule has 2 rings (SSSR count). The van der Waals surface area contributed by atoms with Gasteiger partial charge >= 0.3 is 5.97 Å². The Bertz CT molecular complexity index is 818. The molecule has 1 aromatic heterocycles. The number of nitrogens with zero attached hydrogens (tertiary/aromatic N) is 2. The van der Waals surface area contributed by atoms with Crippen LogP contribution >= 0.6 is 0 Å². The molecule has 1 heterocycles. The van der Waals surface area contributed by atoms with Crippen LogP contribution in [0.2, 0.25) is 0 Å². The van der Waals surface area contributed by atoms with Crippen molar-refractivity contribution in [2.45, 2.75) is 19.4 Å². The Morgan fingerprint density at radius 3 is 2.78 bits per heavy atom. The number of carboxylic acid groups (broad SMARTS) is 1. The van der Waals surface area contributed by atoms with Crippen LogP contribution < -0.4 is 10.3 Å². The Morgan fingerprint density at radius 1 is 1.35 bits per heavy atom. The second-order valence-electron chi connectivity index (χ2n) is 4.93. The maximum atomic E-state index is 12.4. The highest BCUT2D eigenvalue weighted by molar-refractivity contribution is 5.66. The minimum Gasteiger partial charge on any atom is -0.497 e. The summed E-state index contributed by atoms with van der Waals surface area (Å²) in [6.45, 7) is 0.229. The van der Waals surface area contributed by atoms with E-state index in [2.05, 4.69) is 0 Å². The Hall–Kier alpha value is -3.07. The summed E-state index contributed by atoms with van der Waals surface area (Å²) in [5.41, 5.74) is 1.00. The molecule has 1 N–H and O–H groups in total. The third-order valence-electron chi connectivity index (χ3n) is 3.43. The van der Waals surface area contributed by atoms with E-state index in [-0.39, 0.29) is 18.5 Å². The quantitative estimate of drug-likeness (QED) is 0.883. The minimum absolute atomic E-state index is 0.0342. The van der Waals surface area contributed by atoms with E-state index in [1.165, 1.54) is 10.6 Å². The van der Waals surface area contributed by atoms with Crippen LogP contribution in [0.3, 0.4) is 0 Å². The van der Waals surface area contributed by atoms with E-state index < -0.39 is 11.5 Å². The van der Waals surface area contributed by atoms with E-state index in [1.807, 2.05) is 12.1 Å². The van der Waals surface area contributed by atoms with Gasteiger partial charge in [-0.15, -0.1) is 0 Å². The highest BCUT2D eigenvalue weighted by atomic mass is 16.5. The van der Waals surface area contributed by atoms with Crippen molar-refractivity contribution in [3.63, 3.8) is 0 Å². The van der Waals surface area contributed by atoms with E-state index in [0.717, 1.165) is 5.56 Å². The molecule has 0 aliphatic rings. The number of pyridine rings is 1. The first-order valence-electron chi connectivity index (χ1n) is 7.07. The van der Waals surface area contributed by atoms with Crippen LogP contribution in [0.25, 0.3) is 11.3 Å². The zero-order valence-electron chi connectivity index (χ0n) is 12.7. The molecule has 0 radical (unpaired) electrons. The summed E-state index contributed by atoms with van der Waals surface area (Å²) in [4.78, 5) is 23.1. The number of rotatable bonds is 6. The number of hydrogen-bond acceptors (Lipinski definition) is 4. The van der Waals surface area contributed by atoms with E-state index in [1.54, 1.807) is 31.4 Å². The third kappa shape index (κ3) is 3.77. The number of carboxylic acids is 1. The lowest BCUT2D eigenvalue weighted by Crippen LogP contribution is -2.24. The maximum absolute atomic E-state index is 12.4. The number of methoxy groups -OCH3 is 1. The summed E-state index contributed by atoms with van der Waals surface area (Å²) in [5, 5.41) is 17.8. The second-order valence-corrected chi connectivity index (χ2v) is 4.93. The number of aromatic nitrogens is 1. The first-order chi connectivity index (χ1) is 11.1. The molecule has 0 aliphatic heterocycles. The van der Waals surface area contributed by atoms with E-state index >= 15 is 0 Å². The Kier molecular flexibility index (Phi) is 5.15. The number of nitriles is 1. The van der Waals surface area contributed by atoms with Crippen molar-refractivity contribution in [2.24, 2.45) is 0 Å². The standard InChI is InChI=1S/C17H16N2O4/c1-23-14-5-2-4-12(10-14)15-8-7-13(11-18)17(22)19(15)9-3-6-16(20)21/h2,4-5,7-8,10H,3,6,9H2,1H3,(H,20,21). The van der Waals surface area contributed by atoms with Crippen LogP contribution in [0.15, 0.2) is 41.2 Å². The fourth-order valence-corrected chi connectivity index (χ4v) is 2.31. The zero-order valence-corrected chi connectivity index (χ0v) is 12.7. The molecule has 23 heavy (non-hydrogen) atoms. The average Bonchev–Trinajstić information content (AvgIpc) is 2.56. The smallest absolute Gasteiger partial charge is 0.303 e. The number of ether oxygens (including phenoxy) is 1.